The maximum Gasteiger partial charge on any atom is 0.240 e. The molecule has 1 aromatic rings. The largest absolute Gasteiger partial charge is 0.497 e. The second kappa shape index (κ2) is 7.60. The van der Waals surface area contributed by atoms with Gasteiger partial charge in [0.1, 0.15) is 5.75 Å². The summed E-state index contributed by atoms with van der Waals surface area (Å²) in [4.78, 5) is 11.8. The summed E-state index contributed by atoms with van der Waals surface area (Å²) < 4.78 is 31.5. The maximum absolute atomic E-state index is 12.0. The molecule has 1 amide bonds. The van der Waals surface area contributed by atoms with Gasteiger partial charge in [0.25, 0.3) is 0 Å². The number of amides is 1. The zero-order valence-corrected chi connectivity index (χ0v) is 14.3. The Morgan fingerprint density at radius 1 is 1.14 bits per heavy atom. The van der Waals surface area contributed by atoms with E-state index in [0.717, 1.165) is 0 Å². The molecule has 0 unspecified atom stereocenters. The summed E-state index contributed by atoms with van der Waals surface area (Å²) in [5, 5.41) is 2.70. The topological polar surface area (TPSA) is 84.5 Å². The number of carbonyl (C=O) groups excluding carboxylic acids is 1. The van der Waals surface area contributed by atoms with Crippen LogP contribution in [0, 0.1) is 5.41 Å². The summed E-state index contributed by atoms with van der Waals surface area (Å²) in [7, 11) is -2.06. The van der Waals surface area contributed by atoms with E-state index in [0.29, 0.717) is 12.2 Å². The van der Waals surface area contributed by atoms with Crippen LogP contribution in [0.2, 0.25) is 0 Å². The average molecular weight is 328 g/mol. The Balaban J connectivity index is 2.44. The van der Waals surface area contributed by atoms with Crippen molar-refractivity contribution in [1.82, 2.24) is 10.0 Å². The second-order valence-electron chi connectivity index (χ2n) is 6.16. The number of hydrogen-bond acceptors (Lipinski definition) is 4. The molecule has 124 valence electrons. The highest BCUT2D eigenvalue weighted by atomic mass is 32.2. The summed E-state index contributed by atoms with van der Waals surface area (Å²) >= 11 is 0. The van der Waals surface area contributed by atoms with Gasteiger partial charge in [0.2, 0.25) is 15.9 Å². The molecule has 0 aromatic heterocycles. The third-order valence-electron chi connectivity index (χ3n) is 2.80. The van der Waals surface area contributed by atoms with Crippen molar-refractivity contribution < 1.29 is 17.9 Å². The van der Waals surface area contributed by atoms with Gasteiger partial charge in [-0.2, -0.15) is 0 Å². The maximum atomic E-state index is 12.0. The Kier molecular flexibility index (Phi) is 6.37. The highest BCUT2D eigenvalue weighted by molar-refractivity contribution is 7.89. The van der Waals surface area contributed by atoms with Gasteiger partial charge in [-0.1, -0.05) is 20.8 Å². The van der Waals surface area contributed by atoms with Gasteiger partial charge in [0.05, 0.1) is 12.0 Å². The van der Waals surface area contributed by atoms with Gasteiger partial charge in [0.15, 0.2) is 0 Å². The highest BCUT2D eigenvalue weighted by Gasteiger charge is 2.16. The lowest BCUT2D eigenvalue weighted by molar-refractivity contribution is -0.122. The number of rotatable bonds is 7. The lowest BCUT2D eigenvalue weighted by Gasteiger charge is -2.17. The summed E-state index contributed by atoms with van der Waals surface area (Å²) in [5.41, 5.74) is -0.0906. The number of ether oxygens (including phenoxy) is 1. The van der Waals surface area contributed by atoms with Crippen molar-refractivity contribution in [2.45, 2.75) is 32.1 Å². The molecule has 1 aromatic carbocycles. The van der Waals surface area contributed by atoms with Crippen molar-refractivity contribution in [2.75, 3.05) is 20.2 Å². The van der Waals surface area contributed by atoms with Crippen molar-refractivity contribution in [3.8, 4) is 5.75 Å². The molecule has 1 rings (SSSR count). The Labute approximate surface area is 132 Å². The normalized spacial score (nSPS) is 12.0. The molecule has 0 aliphatic rings. The van der Waals surface area contributed by atoms with Crippen LogP contribution < -0.4 is 14.8 Å². The fourth-order valence-corrected chi connectivity index (χ4v) is 2.80. The SMILES string of the molecule is COc1ccc(S(=O)(=O)NCCNC(=O)CC(C)(C)C)cc1. The van der Waals surface area contributed by atoms with Gasteiger partial charge >= 0.3 is 0 Å². The monoisotopic (exact) mass is 328 g/mol. The Morgan fingerprint density at radius 3 is 2.23 bits per heavy atom. The van der Waals surface area contributed by atoms with E-state index in [-0.39, 0.29) is 29.3 Å². The van der Waals surface area contributed by atoms with Crippen molar-refractivity contribution in [3.63, 3.8) is 0 Å². The van der Waals surface area contributed by atoms with Crippen LogP contribution in [0.3, 0.4) is 0 Å². The van der Waals surface area contributed by atoms with Gasteiger partial charge in [-0.25, -0.2) is 13.1 Å². The Bertz CT molecular complexity index is 589. The number of nitrogens with one attached hydrogen (secondary N) is 2. The minimum Gasteiger partial charge on any atom is -0.497 e. The summed E-state index contributed by atoms with van der Waals surface area (Å²) in [5.74, 6) is 0.504. The van der Waals surface area contributed by atoms with Gasteiger partial charge < -0.3 is 10.1 Å². The smallest absolute Gasteiger partial charge is 0.240 e. The molecule has 0 aliphatic carbocycles. The van der Waals surface area contributed by atoms with Crippen LogP contribution in [0.4, 0.5) is 0 Å². The first-order valence-corrected chi connectivity index (χ1v) is 8.53. The third-order valence-corrected chi connectivity index (χ3v) is 4.28. The van der Waals surface area contributed by atoms with Crippen LogP contribution in [0.1, 0.15) is 27.2 Å². The molecule has 0 spiro atoms. The van der Waals surface area contributed by atoms with Crippen molar-refractivity contribution in [2.24, 2.45) is 5.41 Å². The minimum atomic E-state index is -3.58. The summed E-state index contributed by atoms with van der Waals surface area (Å²) in [6, 6.07) is 6.11. The van der Waals surface area contributed by atoms with Crippen LogP contribution in [-0.4, -0.2) is 34.5 Å². The van der Waals surface area contributed by atoms with E-state index in [9.17, 15) is 13.2 Å². The molecule has 0 fully saturated rings. The predicted molar refractivity (Wildman–Crippen MR) is 85.3 cm³/mol. The Hall–Kier alpha value is -1.60. The molecule has 6 nitrogen and oxygen atoms in total. The summed E-state index contributed by atoms with van der Waals surface area (Å²) in [6.07, 6.45) is 0.401. The highest BCUT2D eigenvalue weighted by Crippen LogP contribution is 2.17. The van der Waals surface area contributed by atoms with Crippen LogP contribution in [0.15, 0.2) is 29.2 Å². The number of benzene rings is 1. The van der Waals surface area contributed by atoms with Crippen LogP contribution >= 0.6 is 0 Å². The quantitative estimate of drug-likeness (QED) is 0.743. The number of carbonyl (C=O) groups is 1. The Morgan fingerprint density at radius 2 is 1.73 bits per heavy atom. The van der Waals surface area contributed by atoms with Gasteiger partial charge in [-0.3, -0.25) is 4.79 Å². The second-order valence-corrected chi connectivity index (χ2v) is 7.93. The fourth-order valence-electron chi connectivity index (χ4n) is 1.77. The van der Waals surface area contributed by atoms with Crippen LogP contribution in [0.5, 0.6) is 5.75 Å². The molecule has 22 heavy (non-hydrogen) atoms. The van der Waals surface area contributed by atoms with Gasteiger partial charge in [0, 0.05) is 19.5 Å². The van der Waals surface area contributed by atoms with E-state index in [1.807, 2.05) is 20.8 Å². The third kappa shape index (κ3) is 6.44. The fraction of sp³-hybridized carbons (Fsp3) is 0.533. The lowest BCUT2D eigenvalue weighted by atomic mass is 9.92. The van der Waals surface area contributed by atoms with Crippen LogP contribution in [0.25, 0.3) is 0 Å². The first-order valence-electron chi connectivity index (χ1n) is 7.04. The van der Waals surface area contributed by atoms with Crippen molar-refractivity contribution in [3.05, 3.63) is 24.3 Å². The average Bonchev–Trinajstić information content (AvgIpc) is 2.42. The van der Waals surface area contributed by atoms with E-state index in [2.05, 4.69) is 10.0 Å². The molecule has 2 N–H and O–H groups in total. The number of sulfonamides is 1. The van der Waals surface area contributed by atoms with E-state index in [1.165, 1.54) is 19.2 Å². The zero-order chi connectivity index (χ0) is 16.8. The minimum absolute atomic E-state index is 0.0869. The molecular formula is C15H24N2O4S. The van der Waals surface area contributed by atoms with Crippen molar-refractivity contribution in [1.29, 1.82) is 0 Å². The molecule has 0 bridgehead atoms. The molecule has 0 saturated carbocycles. The van der Waals surface area contributed by atoms with Gasteiger partial charge in [-0.05, 0) is 29.7 Å². The molecule has 0 aliphatic heterocycles. The standard InChI is InChI=1S/C15H24N2O4S/c1-15(2,3)11-14(18)16-9-10-17-22(19,20)13-7-5-12(21-4)6-8-13/h5-8,17H,9-11H2,1-4H3,(H,16,18). The lowest BCUT2D eigenvalue weighted by Crippen LogP contribution is -2.35. The van der Waals surface area contributed by atoms with Crippen molar-refractivity contribution >= 4 is 15.9 Å². The number of hydrogen-bond donors (Lipinski definition) is 2. The molecule has 0 atom stereocenters. The van der Waals surface area contributed by atoms with E-state index < -0.39 is 10.0 Å². The zero-order valence-electron chi connectivity index (χ0n) is 13.5. The molecule has 0 radical (unpaired) electrons. The van der Waals surface area contributed by atoms with E-state index in [4.69, 9.17) is 4.74 Å². The first-order chi connectivity index (χ1) is 10.1. The van der Waals surface area contributed by atoms with E-state index in [1.54, 1.807) is 12.1 Å². The molecule has 0 heterocycles. The van der Waals surface area contributed by atoms with Gasteiger partial charge in [-0.15, -0.1) is 0 Å². The molecular weight excluding hydrogens is 304 g/mol. The van der Waals surface area contributed by atoms with E-state index >= 15 is 0 Å². The summed E-state index contributed by atoms with van der Waals surface area (Å²) in [6.45, 7) is 6.31. The predicted octanol–water partition coefficient (Wildman–Crippen LogP) is 1.53. The number of methoxy groups -OCH3 is 1. The molecule has 7 heteroatoms. The van der Waals surface area contributed by atoms with Crippen LogP contribution in [-0.2, 0) is 14.8 Å². The first kappa shape index (κ1) is 18.4. The molecule has 0 saturated heterocycles.